The van der Waals surface area contributed by atoms with Gasteiger partial charge in [-0.3, -0.25) is 0 Å². The highest BCUT2D eigenvalue weighted by atomic mass is 32.2. The largest absolute Gasteiger partial charge is 0.242 e. The van der Waals surface area contributed by atoms with E-state index in [1.54, 1.807) is 47.3 Å². The number of benzene rings is 3. The summed E-state index contributed by atoms with van der Waals surface area (Å²) >= 11 is 0. The second-order valence-corrected chi connectivity index (χ2v) is 12.0. The van der Waals surface area contributed by atoms with E-state index in [4.69, 9.17) is 0 Å². The van der Waals surface area contributed by atoms with Gasteiger partial charge in [0.1, 0.15) is 16.7 Å². The molecule has 0 saturated heterocycles. The van der Waals surface area contributed by atoms with E-state index in [9.17, 15) is 22.1 Å². The first-order chi connectivity index (χ1) is 17.1. The molecule has 0 saturated carbocycles. The molecule has 0 aliphatic carbocycles. The van der Waals surface area contributed by atoms with Crippen molar-refractivity contribution in [2.45, 2.75) is 9.79 Å². The van der Waals surface area contributed by atoms with Gasteiger partial charge in [-0.2, -0.15) is 10.4 Å². The second-order valence-electron chi connectivity index (χ2n) is 7.97. The minimum atomic E-state index is -4.09. The van der Waals surface area contributed by atoms with Crippen molar-refractivity contribution in [2.24, 2.45) is 0 Å². The quantitative estimate of drug-likeness (QED) is 0.340. The van der Waals surface area contributed by atoms with Gasteiger partial charge in [0, 0.05) is 31.4 Å². The summed E-state index contributed by atoms with van der Waals surface area (Å²) in [5.41, 5.74) is 1.83. The molecule has 0 unspecified atom stereocenters. The van der Waals surface area contributed by atoms with Gasteiger partial charge in [-0.05, 0) is 42.5 Å². The topological polar surface area (TPSA) is 113 Å². The number of allylic oxidation sites excluding steroid dienone is 1. The number of rotatable bonds is 7. The van der Waals surface area contributed by atoms with Gasteiger partial charge in [0.05, 0.1) is 15.5 Å². The van der Waals surface area contributed by atoms with Crippen LogP contribution in [-0.2, 0) is 19.9 Å². The first-order valence-corrected chi connectivity index (χ1v) is 13.7. The zero-order valence-electron chi connectivity index (χ0n) is 19.5. The summed E-state index contributed by atoms with van der Waals surface area (Å²) in [5, 5.41) is 14.4. The normalized spacial score (nSPS) is 12.4. The van der Waals surface area contributed by atoms with Crippen molar-refractivity contribution >= 4 is 25.9 Å². The minimum Gasteiger partial charge on any atom is -0.240 e. The van der Waals surface area contributed by atoms with Gasteiger partial charge in [0.25, 0.3) is 0 Å². The van der Waals surface area contributed by atoms with Crippen LogP contribution in [-0.4, -0.2) is 45.0 Å². The third-order valence-corrected chi connectivity index (χ3v) is 8.88. The number of aromatic nitrogens is 2. The van der Waals surface area contributed by atoms with Crippen LogP contribution in [0.15, 0.2) is 106 Å². The number of sulfone groups is 1. The maximum atomic E-state index is 13.2. The summed E-state index contributed by atoms with van der Waals surface area (Å²) in [6, 6.07) is 24.9. The van der Waals surface area contributed by atoms with Crippen LogP contribution >= 0.6 is 0 Å². The van der Waals surface area contributed by atoms with Crippen molar-refractivity contribution in [3.05, 3.63) is 102 Å². The molecule has 0 spiro atoms. The summed E-state index contributed by atoms with van der Waals surface area (Å²) in [5.74, 6) is 0. The maximum absolute atomic E-state index is 13.2. The summed E-state index contributed by atoms with van der Waals surface area (Å²) in [4.78, 5) is -0.403. The molecule has 3 aromatic carbocycles. The van der Waals surface area contributed by atoms with E-state index in [1.807, 2.05) is 30.3 Å². The summed E-state index contributed by atoms with van der Waals surface area (Å²) in [6.07, 6.45) is 2.87. The molecule has 10 heteroatoms. The summed E-state index contributed by atoms with van der Waals surface area (Å²) in [7, 11) is -4.93. The molecule has 0 radical (unpaired) electrons. The van der Waals surface area contributed by atoms with Crippen LogP contribution in [0, 0.1) is 11.3 Å². The smallest absolute Gasteiger partial charge is 0.240 e. The van der Waals surface area contributed by atoms with Crippen LogP contribution in [0.3, 0.4) is 0 Å². The lowest BCUT2D eigenvalue weighted by Crippen LogP contribution is -2.22. The molecule has 0 bridgehead atoms. The van der Waals surface area contributed by atoms with Crippen molar-refractivity contribution in [3.63, 3.8) is 0 Å². The number of hydrogen-bond donors (Lipinski definition) is 0. The van der Waals surface area contributed by atoms with Crippen LogP contribution in [0.1, 0.15) is 5.56 Å². The summed E-state index contributed by atoms with van der Waals surface area (Å²) in [6.45, 7) is 0. The lowest BCUT2D eigenvalue weighted by Gasteiger charge is -2.12. The van der Waals surface area contributed by atoms with Crippen LogP contribution in [0.4, 0.5) is 0 Å². The molecular formula is C26H22N4O4S2. The van der Waals surface area contributed by atoms with Crippen LogP contribution < -0.4 is 0 Å². The molecule has 4 rings (SSSR count). The Morgan fingerprint density at radius 1 is 0.889 bits per heavy atom. The number of sulfonamides is 1. The molecule has 0 N–H and O–H groups in total. The monoisotopic (exact) mass is 518 g/mol. The fourth-order valence-corrected chi connectivity index (χ4v) is 5.60. The van der Waals surface area contributed by atoms with Crippen molar-refractivity contribution in [3.8, 4) is 23.0 Å². The lowest BCUT2D eigenvalue weighted by atomic mass is 10.1. The van der Waals surface area contributed by atoms with E-state index < -0.39 is 24.8 Å². The highest BCUT2D eigenvalue weighted by Gasteiger charge is 2.23. The van der Waals surface area contributed by atoms with Crippen LogP contribution in [0.25, 0.3) is 23.0 Å². The van der Waals surface area contributed by atoms with E-state index in [1.165, 1.54) is 44.4 Å². The average molecular weight is 519 g/mol. The Hall–Kier alpha value is -4.04. The standard InChI is InChI=1S/C26H22N4O4S2/c1-29(2)36(33,34)24-15-9-10-20(16-24)26-21(19-30(28-26)22-11-5-3-6-12-22)17-25(18-27)35(31,32)23-13-7-4-8-14-23/h3-17,19H,1-2H3. The van der Waals surface area contributed by atoms with Gasteiger partial charge in [-0.25, -0.2) is 25.8 Å². The van der Waals surface area contributed by atoms with Crippen LogP contribution in [0.2, 0.25) is 0 Å². The zero-order valence-corrected chi connectivity index (χ0v) is 21.1. The van der Waals surface area contributed by atoms with Crippen molar-refractivity contribution in [1.29, 1.82) is 5.26 Å². The molecule has 0 atom stereocenters. The Morgan fingerprint density at radius 2 is 1.50 bits per heavy atom. The Morgan fingerprint density at radius 3 is 2.11 bits per heavy atom. The number of nitrogens with zero attached hydrogens (tertiary/aromatic N) is 4. The van der Waals surface area contributed by atoms with E-state index in [0.29, 0.717) is 22.5 Å². The van der Waals surface area contributed by atoms with Gasteiger partial charge >= 0.3 is 0 Å². The highest BCUT2D eigenvalue weighted by Crippen LogP contribution is 2.30. The predicted molar refractivity (Wildman–Crippen MR) is 137 cm³/mol. The molecule has 0 amide bonds. The Kier molecular flexibility index (Phi) is 6.90. The molecule has 4 aromatic rings. The number of nitriles is 1. The molecule has 36 heavy (non-hydrogen) atoms. The van der Waals surface area contributed by atoms with Crippen molar-refractivity contribution in [2.75, 3.05) is 14.1 Å². The van der Waals surface area contributed by atoms with Gasteiger partial charge in [0.2, 0.25) is 19.9 Å². The predicted octanol–water partition coefficient (Wildman–Crippen LogP) is 4.13. The van der Waals surface area contributed by atoms with E-state index in [0.717, 1.165) is 4.31 Å². The SMILES string of the molecule is CN(C)S(=O)(=O)c1cccc(-c2nn(-c3ccccc3)cc2C=C(C#N)S(=O)(=O)c2ccccc2)c1. The number of para-hydroxylation sites is 1. The van der Waals surface area contributed by atoms with Gasteiger partial charge in [0.15, 0.2) is 0 Å². The second kappa shape index (κ2) is 9.91. The fraction of sp³-hybridized carbons (Fsp3) is 0.0769. The van der Waals surface area contributed by atoms with Gasteiger partial charge < -0.3 is 0 Å². The average Bonchev–Trinajstić information content (AvgIpc) is 3.32. The molecule has 1 aromatic heterocycles. The minimum absolute atomic E-state index is 0.00567. The fourth-order valence-electron chi connectivity index (χ4n) is 3.48. The van der Waals surface area contributed by atoms with Crippen molar-refractivity contribution in [1.82, 2.24) is 14.1 Å². The molecule has 0 fully saturated rings. The Labute approximate surface area is 210 Å². The maximum Gasteiger partial charge on any atom is 0.242 e. The third kappa shape index (κ3) is 4.85. The van der Waals surface area contributed by atoms with E-state index in [-0.39, 0.29) is 9.79 Å². The van der Waals surface area contributed by atoms with Gasteiger partial charge in [-0.1, -0.05) is 48.5 Å². The van der Waals surface area contributed by atoms with E-state index >= 15 is 0 Å². The Bertz CT molecular complexity index is 1690. The highest BCUT2D eigenvalue weighted by molar-refractivity contribution is 7.95. The van der Waals surface area contributed by atoms with E-state index in [2.05, 4.69) is 5.10 Å². The molecule has 182 valence electrons. The molecule has 0 aliphatic heterocycles. The molecule has 8 nitrogen and oxygen atoms in total. The summed E-state index contributed by atoms with van der Waals surface area (Å²) < 4.78 is 54.4. The van der Waals surface area contributed by atoms with Crippen molar-refractivity contribution < 1.29 is 16.8 Å². The molecular weight excluding hydrogens is 496 g/mol. The number of hydrogen-bond acceptors (Lipinski definition) is 6. The zero-order chi connectivity index (χ0) is 25.9. The first kappa shape index (κ1) is 25.1. The van der Waals surface area contributed by atoms with Crippen LogP contribution in [0.5, 0.6) is 0 Å². The lowest BCUT2D eigenvalue weighted by molar-refractivity contribution is 0.521. The first-order valence-electron chi connectivity index (χ1n) is 10.7. The van der Waals surface area contributed by atoms with Gasteiger partial charge in [-0.15, -0.1) is 0 Å². The molecule has 0 aliphatic rings. The molecule has 1 heterocycles. The Balaban J connectivity index is 1.93. The third-order valence-electron chi connectivity index (χ3n) is 5.39.